The Kier molecular flexibility index (Phi) is 18.8. The maximum absolute atomic E-state index is 6.20. The molecule has 0 N–H and O–H groups in total. The van der Waals surface area contributed by atoms with Crippen molar-refractivity contribution in [2.45, 2.75) is 186 Å². The quantitative estimate of drug-likeness (QED) is 0.0883. The van der Waals surface area contributed by atoms with Gasteiger partial charge in [0.05, 0.1) is 18.8 Å². The van der Waals surface area contributed by atoms with Gasteiger partial charge < -0.3 is 14.2 Å². The molecule has 0 bridgehead atoms. The third-order valence-corrected chi connectivity index (χ3v) is 11.8. The van der Waals surface area contributed by atoms with Gasteiger partial charge in [-0.25, -0.2) is 0 Å². The van der Waals surface area contributed by atoms with Crippen molar-refractivity contribution in [3.63, 3.8) is 0 Å². The van der Waals surface area contributed by atoms with Gasteiger partial charge in [0.2, 0.25) is 0 Å². The van der Waals surface area contributed by atoms with E-state index >= 15 is 0 Å². The summed E-state index contributed by atoms with van der Waals surface area (Å²) in [4.78, 5) is 0. The van der Waals surface area contributed by atoms with E-state index in [1.807, 2.05) is 6.08 Å². The zero-order valence-electron chi connectivity index (χ0n) is 30.1. The topological polar surface area (TPSA) is 27.7 Å². The van der Waals surface area contributed by atoms with Gasteiger partial charge >= 0.3 is 0 Å². The average Bonchev–Trinajstić information content (AvgIpc) is 3.10. The molecule has 0 amide bonds. The van der Waals surface area contributed by atoms with Gasteiger partial charge in [-0.05, 0) is 131 Å². The van der Waals surface area contributed by atoms with Crippen LogP contribution in [0.5, 0.6) is 5.75 Å². The van der Waals surface area contributed by atoms with Crippen molar-refractivity contribution in [1.82, 2.24) is 0 Å². The largest absolute Gasteiger partial charge is 0.494 e. The molecule has 0 saturated heterocycles. The highest BCUT2D eigenvalue weighted by Gasteiger charge is 2.25. The highest BCUT2D eigenvalue weighted by molar-refractivity contribution is 5.29. The average molecular weight is 637 g/mol. The molecular weight excluding hydrogens is 564 g/mol. The molecule has 3 aliphatic rings. The summed E-state index contributed by atoms with van der Waals surface area (Å²) in [5.41, 5.74) is 1.53. The molecular formula is C43H72O3. The molecule has 4 rings (SSSR count). The van der Waals surface area contributed by atoms with Gasteiger partial charge in [0, 0.05) is 13.2 Å². The first-order valence-corrected chi connectivity index (χ1v) is 20.3. The lowest BCUT2D eigenvalue weighted by Gasteiger charge is -2.32. The molecule has 0 aromatic heterocycles. The lowest BCUT2D eigenvalue weighted by molar-refractivity contribution is -0.0327. The van der Waals surface area contributed by atoms with Gasteiger partial charge in [0.15, 0.2) is 0 Å². The molecule has 3 heteroatoms. The summed E-state index contributed by atoms with van der Waals surface area (Å²) in [5.74, 6) is 4.86. The maximum Gasteiger partial charge on any atom is 0.119 e. The number of unbranched alkanes of at least 4 members (excludes halogenated alkanes) is 7. The number of hydrogen-bond donors (Lipinski definition) is 0. The van der Waals surface area contributed by atoms with E-state index in [9.17, 15) is 0 Å². The first-order valence-electron chi connectivity index (χ1n) is 20.3. The van der Waals surface area contributed by atoms with E-state index in [-0.39, 0.29) is 0 Å². The predicted octanol–water partition coefficient (Wildman–Crippen LogP) is 12.8. The van der Waals surface area contributed by atoms with Crippen LogP contribution in [0.2, 0.25) is 0 Å². The zero-order valence-corrected chi connectivity index (χ0v) is 30.1. The van der Waals surface area contributed by atoms with Crippen LogP contribution in [0.25, 0.3) is 0 Å². The van der Waals surface area contributed by atoms with E-state index in [1.165, 1.54) is 121 Å². The van der Waals surface area contributed by atoms with Crippen LogP contribution < -0.4 is 4.74 Å². The molecule has 0 atom stereocenters. The monoisotopic (exact) mass is 637 g/mol. The molecule has 0 aliphatic heterocycles. The Bertz CT molecular complexity index is 872. The minimum atomic E-state index is 0.448. The zero-order chi connectivity index (χ0) is 32.1. The summed E-state index contributed by atoms with van der Waals surface area (Å²) >= 11 is 0. The fourth-order valence-electron chi connectivity index (χ4n) is 8.57. The molecule has 1 aromatic rings. The predicted molar refractivity (Wildman–Crippen MR) is 196 cm³/mol. The Morgan fingerprint density at radius 2 is 1.07 bits per heavy atom. The number of benzene rings is 1. The highest BCUT2D eigenvalue weighted by atomic mass is 16.5. The van der Waals surface area contributed by atoms with Crippen LogP contribution in [0.4, 0.5) is 0 Å². The molecule has 0 spiro atoms. The minimum Gasteiger partial charge on any atom is -0.494 e. The van der Waals surface area contributed by atoms with Crippen LogP contribution in [0.1, 0.15) is 179 Å². The number of hydrogen-bond acceptors (Lipinski definition) is 3. The van der Waals surface area contributed by atoms with E-state index < -0.39 is 0 Å². The molecule has 3 nitrogen and oxygen atoms in total. The molecule has 0 unspecified atom stereocenters. The molecule has 3 saturated carbocycles. The molecule has 46 heavy (non-hydrogen) atoms. The molecule has 1 aromatic carbocycles. The smallest absolute Gasteiger partial charge is 0.119 e. The minimum absolute atomic E-state index is 0.448. The SMILES string of the molecule is C=CCCCCCOC1CCC(OCCCCCCOc2ccc(C3CCC(CCC4CCC(CCCC)CC4)CC3)cc2)CC1. The molecule has 3 aliphatic carbocycles. The van der Waals surface area contributed by atoms with Crippen LogP contribution >= 0.6 is 0 Å². The molecule has 0 heterocycles. The third kappa shape index (κ3) is 14.8. The van der Waals surface area contributed by atoms with Gasteiger partial charge in [-0.15, -0.1) is 6.58 Å². The molecule has 0 radical (unpaired) electrons. The second-order valence-electron chi connectivity index (χ2n) is 15.4. The Morgan fingerprint density at radius 1 is 0.565 bits per heavy atom. The van der Waals surface area contributed by atoms with Crippen molar-refractivity contribution < 1.29 is 14.2 Å². The van der Waals surface area contributed by atoms with Gasteiger partial charge in [0.25, 0.3) is 0 Å². The van der Waals surface area contributed by atoms with Crippen LogP contribution in [-0.4, -0.2) is 32.0 Å². The van der Waals surface area contributed by atoms with Gasteiger partial charge in [-0.3, -0.25) is 0 Å². The maximum atomic E-state index is 6.20. The van der Waals surface area contributed by atoms with Crippen LogP contribution in [0.3, 0.4) is 0 Å². The van der Waals surface area contributed by atoms with E-state index in [4.69, 9.17) is 14.2 Å². The van der Waals surface area contributed by atoms with E-state index in [0.29, 0.717) is 12.2 Å². The summed E-state index contributed by atoms with van der Waals surface area (Å²) in [5, 5.41) is 0. The van der Waals surface area contributed by atoms with Gasteiger partial charge in [-0.1, -0.05) is 95.8 Å². The Balaban J connectivity index is 0.949. The number of allylic oxidation sites excluding steroid dienone is 1. The van der Waals surface area contributed by atoms with Crippen molar-refractivity contribution in [3.05, 3.63) is 42.5 Å². The fraction of sp³-hybridized carbons (Fsp3) is 0.814. The van der Waals surface area contributed by atoms with E-state index in [0.717, 1.165) is 94.2 Å². The Hall–Kier alpha value is -1.32. The highest BCUT2D eigenvalue weighted by Crippen LogP contribution is 2.40. The van der Waals surface area contributed by atoms with Crippen molar-refractivity contribution in [2.24, 2.45) is 17.8 Å². The summed E-state index contributed by atoms with van der Waals surface area (Å²) in [6.45, 7) is 8.78. The Labute approximate surface area is 285 Å². The van der Waals surface area contributed by atoms with Crippen LogP contribution in [-0.2, 0) is 9.47 Å². The summed E-state index contributed by atoms with van der Waals surface area (Å²) in [6.07, 6.45) is 36.1. The van der Waals surface area contributed by atoms with Crippen molar-refractivity contribution in [1.29, 1.82) is 0 Å². The van der Waals surface area contributed by atoms with Gasteiger partial charge in [0.1, 0.15) is 5.75 Å². The lowest BCUT2D eigenvalue weighted by Crippen LogP contribution is -2.27. The third-order valence-electron chi connectivity index (χ3n) is 11.8. The molecule has 262 valence electrons. The van der Waals surface area contributed by atoms with Crippen LogP contribution in [0, 0.1) is 17.8 Å². The van der Waals surface area contributed by atoms with Crippen molar-refractivity contribution >= 4 is 0 Å². The van der Waals surface area contributed by atoms with Crippen LogP contribution in [0.15, 0.2) is 36.9 Å². The second kappa shape index (κ2) is 23.1. The second-order valence-corrected chi connectivity index (χ2v) is 15.4. The van der Waals surface area contributed by atoms with Crippen molar-refractivity contribution in [2.75, 3.05) is 19.8 Å². The first kappa shape index (κ1) is 37.5. The fourth-order valence-corrected chi connectivity index (χ4v) is 8.57. The Morgan fingerprint density at radius 3 is 1.61 bits per heavy atom. The molecule has 3 fully saturated rings. The lowest BCUT2D eigenvalue weighted by atomic mass is 9.74. The normalized spacial score (nSPS) is 27.0. The van der Waals surface area contributed by atoms with E-state index in [1.54, 1.807) is 0 Å². The van der Waals surface area contributed by atoms with Gasteiger partial charge in [-0.2, -0.15) is 0 Å². The summed E-state index contributed by atoms with van der Waals surface area (Å²) in [6, 6.07) is 9.13. The van der Waals surface area contributed by atoms with E-state index in [2.05, 4.69) is 37.8 Å². The first-order chi connectivity index (χ1) is 22.7. The number of rotatable bonds is 23. The summed E-state index contributed by atoms with van der Waals surface area (Å²) < 4.78 is 18.4. The number of ether oxygens (including phenoxy) is 3. The van der Waals surface area contributed by atoms with Crippen molar-refractivity contribution in [3.8, 4) is 5.75 Å². The standard InChI is InChI=1S/C43H72O3/c1-3-5-7-8-11-33-45-42-29-31-43(32-30-42)46-35-13-10-9-12-34-44-41-27-25-40(26-28-41)39-23-21-38(22-24-39)20-19-37-17-15-36(16-18-37)14-6-4-2/h3,25-28,36-39,42-43H,1,4-24,29-35H2,2H3. The summed E-state index contributed by atoms with van der Waals surface area (Å²) in [7, 11) is 0.